The van der Waals surface area contributed by atoms with Crippen molar-refractivity contribution in [3.63, 3.8) is 0 Å². The van der Waals surface area contributed by atoms with E-state index in [1.54, 1.807) is 11.9 Å². The summed E-state index contributed by atoms with van der Waals surface area (Å²) in [6.07, 6.45) is 0. The van der Waals surface area contributed by atoms with Crippen molar-refractivity contribution < 1.29 is 4.79 Å². The number of hydrogen-bond acceptors (Lipinski definition) is 1. The summed E-state index contributed by atoms with van der Waals surface area (Å²) in [5, 5.41) is 0. The van der Waals surface area contributed by atoms with Crippen molar-refractivity contribution in [2.24, 2.45) is 0 Å². The van der Waals surface area contributed by atoms with E-state index >= 15 is 0 Å². The maximum Gasteiger partial charge on any atom is 0.255 e. The number of nitrogens with zero attached hydrogens (tertiary/aromatic N) is 1. The molecule has 1 aromatic carbocycles. The lowest BCUT2D eigenvalue weighted by molar-refractivity contribution is 0.0659. The van der Waals surface area contributed by atoms with Crippen LogP contribution in [0.4, 0.5) is 0 Å². The van der Waals surface area contributed by atoms with Crippen molar-refractivity contribution in [3.8, 4) is 0 Å². The van der Waals surface area contributed by atoms with Gasteiger partial charge in [-0.05, 0) is 54.4 Å². The molecular weight excluding hydrogens is 302 g/mol. The molecule has 0 saturated carbocycles. The van der Waals surface area contributed by atoms with Gasteiger partial charge in [-0.15, -0.1) is 11.6 Å². The van der Waals surface area contributed by atoms with E-state index in [9.17, 15) is 4.79 Å². The highest BCUT2D eigenvalue weighted by atomic mass is 79.9. The van der Waals surface area contributed by atoms with Gasteiger partial charge in [0, 0.05) is 17.4 Å². The number of carbonyl (C=O) groups excluding carboxylic acids is 1. The first-order valence-corrected chi connectivity index (χ1v) is 6.72. The maximum absolute atomic E-state index is 12.3. The minimum atomic E-state index is -0.358. The molecule has 0 saturated heterocycles. The van der Waals surface area contributed by atoms with E-state index in [2.05, 4.69) is 15.9 Å². The maximum atomic E-state index is 12.3. The third-order valence-electron chi connectivity index (χ3n) is 2.89. The van der Waals surface area contributed by atoms with Crippen molar-refractivity contribution in [1.82, 2.24) is 4.90 Å². The third-order valence-corrected chi connectivity index (χ3v) is 4.20. The fourth-order valence-electron chi connectivity index (χ4n) is 1.34. The highest BCUT2D eigenvalue weighted by Gasteiger charge is 2.28. The number of halogens is 2. The Morgan fingerprint density at radius 3 is 2.53 bits per heavy atom. The van der Waals surface area contributed by atoms with Crippen molar-refractivity contribution in [2.75, 3.05) is 12.9 Å². The van der Waals surface area contributed by atoms with E-state index in [1.165, 1.54) is 0 Å². The van der Waals surface area contributed by atoms with Crippen LogP contribution in [0.2, 0.25) is 0 Å². The predicted molar refractivity (Wildman–Crippen MR) is 75.8 cm³/mol. The Balaban J connectivity index is 3.05. The first-order chi connectivity index (χ1) is 7.79. The fourth-order valence-corrected chi connectivity index (χ4v) is 2.18. The molecule has 0 heterocycles. The van der Waals surface area contributed by atoms with E-state index < -0.39 is 0 Å². The second kappa shape index (κ2) is 5.40. The summed E-state index contributed by atoms with van der Waals surface area (Å²) in [6, 6.07) is 5.71. The molecule has 94 valence electrons. The van der Waals surface area contributed by atoms with Crippen LogP contribution in [0.5, 0.6) is 0 Å². The van der Waals surface area contributed by atoms with Crippen LogP contribution in [0.25, 0.3) is 0 Å². The van der Waals surface area contributed by atoms with Gasteiger partial charge >= 0.3 is 0 Å². The van der Waals surface area contributed by atoms with Gasteiger partial charge in [-0.3, -0.25) is 4.79 Å². The number of rotatable bonds is 3. The van der Waals surface area contributed by atoms with Crippen molar-refractivity contribution in [3.05, 3.63) is 33.8 Å². The molecular formula is C13H17BrClNO. The van der Waals surface area contributed by atoms with Gasteiger partial charge in [0.15, 0.2) is 0 Å². The lowest BCUT2D eigenvalue weighted by Crippen LogP contribution is -2.46. The van der Waals surface area contributed by atoms with Gasteiger partial charge in [0.2, 0.25) is 0 Å². The van der Waals surface area contributed by atoms with Gasteiger partial charge in [-0.25, -0.2) is 0 Å². The van der Waals surface area contributed by atoms with Gasteiger partial charge < -0.3 is 4.90 Å². The Morgan fingerprint density at radius 2 is 2.06 bits per heavy atom. The number of amides is 1. The van der Waals surface area contributed by atoms with E-state index in [0.717, 1.165) is 10.0 Å². The molecule has 0 atom stereocenters. The minimum absolute atomic E-state index is 0.0254. The molecule has 2 nitrogen and oxygen atoms in total. The molecule has 17 heavy (non-hydrogen) atoms. The first-order valence-electron chi connectivity index (χ1n) is 5.40. The smallest absolute Gasteiger partial charge is 0.255 e. The van der Waals surface area contributed by atoms with Crippen LogP contribution < -0.4 is 0 Å². The van der Waals surface area contributed by atoms with Crippen molar-refractivity contribution in [2.45, 2.75) is 26.3 Å². The first kappa shape index (κ1) is 14.5. The normalized spacial score (nSPS) is 11.4. The molecule has 0 bridgehead atoms. The topological polar surface area (TPSA) is 20.3 Å². The molecule has 0 N–H and O–H groups in total. The van der Waals surface area contributed by atoms with Gasteiger partial charge in [-0.1, -0.05) is 6.07 Å². The largest absolute Gasteiger partial charge is 0.335 e. The highest BCUT2D eigenvalue weighted by molar-refractivity contribution is 9.10. The van der Waals surface area contributed by atoms with E-state index in [0.29, 0.717) is 11.4 Å². The van der Waals surface area contributed by atoms with Crippen molar-refractivity contribution >= 4 is 33.4 Å². The number of carbonyl (C=O) groups is 1. The Kier molecular flexibility index (Phi) is 4.62. The number of aryl methyl sites for hydroxylation is 1. The van der Waals surface area contributed by atoms with Crippen LogP contribution in [0.1, 0.15) is 29.8 Å². The summed E-state index contributed by atoms with van der Waals surface area (Å²) in [7, 11) is 1.77. The number of hydrogen-bond donors (Lipinski definition) is 0. The molecule has 0 spiro atoms. The standard InChI is InChI=1S/C13H17BrClNO/c1-9-5-6-10(11(14)7-9)12(17)16(4)13(2,3)8-15/h5-7H,8H2,1-4H3. The van der Waals surface area contributed by atoms with Crippen molar-refractivity contribution in [1.29, 1.82) is 0 Å². The predicted octanol–water partition coefficient (Wildman–Crippen LogP) is 3.85. The molecule has 1 amide bonds. The average Bonchev–Trinajstić information content (AvgIpc) is 2.27. The van der Waals surface area contributed by atoms with Gasteiger partial charge in [0.05, 0.1) is 11.1 Å². The van der Waals surface area contributed by atoms with Crippen LogP contribution in [-0.4, -0.2) is 29.3 Å². The number of alkyl halides is 1. The second-order valence-corrected chi connectivity index (χ2v) is 5.92. The molecule has 0 radical (unpaired) electrons. The summed E-state index contributed by atoms with van der Waals surface area (Å²) in [5.41, 5.74) is 1.42. The van der Waals surface area contributed by atoms with Crippen LogP contribution >= 0.6 is 27.5 Å². The fraction of sp³-hybridized carbons (Fsp3) is 0.462. The lowest BCUT2D eigenvalue weighted by atomic mass is 10.0. The molecule has 1 aromatic rings. The molecule has 1 rings (SSSR count). The summed E-state index contributed by atoms with van der Waals surface area (Å²) >= 11 is 9.30. The SMILES string of the molecule is Cc1ccc(C(=O)N(C)C(C)(C)CCl)c(Br)c1. The monoisotopic (exact) mass is 317 g/mol. The Hall–Kier alpha value is -0.540. The van der Waals surface area contributed by atoms with E-state index in [-0.39, 0.29) is 11.4 Å². The molecule has 0 fully saturated rings. The molecule has 0 aliphatic heterocycles. The molecule has 4 heteroatoms. The minimum Gasteiger partial charge on any atom is -0.335 e. The summed E-state index contributed by atoms with van der Waals surface area (Å²) in [4.78, 5) is 14.0. The van der Waals surface area contributed by atoms with Gasteiger partial charge in [0.1, 0.15) is 0 Å². The molecule has 0 aromatic heterocycles. The Bertz CT molecular complexity index is 431. The highest BCUT2D eigenvalue weighted by Crippen LogP contribution is 2.23. The third kappa shape index (κ3) is 3.23. The zero-order valence-electron chi connectivity index (χ0n) is 10.6. The second-order valence-electron chi connectivity index (χ2n) is 4.79. The summed E-state index contributed by atoms with van der Waals surface area (Å²) in [5.74, 6) is 0.376. The Labute approximate surface area is 116 Å². The van der Waals surface area contributed by atoms with E-state index in [1.807, 2.05) is 39.0 Å². The molecule has 0 unspecified atom stereocenters. The average molecular weight is 319 g/mol. The van der Waals surface area contributed by atoms with Gasteiger partial charge in [0.25, 0.3) is 5.91 Å². The van der Waals surface area contributed by atoms with Crippen LogP contribution in [0.15, 0.2) is 22.7 Å². The summed E-state index contributed by atoms with van der Waals surface area (Å²) in [6.45, 7) is 5.88. The zero-order valence-corrected chi connectivity index (χ0v) is 12.9. The van der Waals surface area contributed by atoms with Gasteiger partial charge in [-0.2, -0.15) is 0 Å². The van der Waals surface area contributed by atoms with Crippen LogP contribution in [0.3, 0.4) is 0 Å². The quantitative estimate of drug-likeness (QED) is 0.775. The van der Waals surface area contributed by atoms with Crippen LogP contribution in [-0.2, 0) is 0 Å². The summed E-state index contributed by atoms with van der Waals surface area (Å²) < 4.78 is 0.819. The number of benzene rings is 1. The zero-order chi connectivity index (χ0) is 13.2. The molecule has 0 aliphatic carbocycles. The molecule has 0 aliphatic rings. The Morgan fingerprint density at radius 1 is 1.47 bits per heavy atom. The van der Waals surface area contributed by atoms with E-state index in [4.69, 9.17) is 11.6 Å². The lowest BCUT2D eigenvalue weighted by Gasteiger charge is -2.34. The van der Waals surface area contributed by atoms with Crippen LogP contribution in [0, 0.1) is 6.92 Å².